The second-order valence-corrected chi connectivity index (χ2v) is 5.37. The van der Waals surface area contributed by atoms with Gasteiger partial charge in [0.25, 0.3) is 0 Å². The standard InChI is InChI=1S/C15H22N2O4/c1-5-20-13(18)10-16-11-7-6-8-12(9-11)17-14(19)21-15(2,3)4/h6-9,16H,5,10H2,1-4H3,(H,17,19). The summed E-state index contributed by atoms with van der Waals surface area (Å²) in [7, 11) is 0. The molecule has 116 valence electrons. The Morgan fingerprint density at radius 3 is 2.48 bits per heavy atom. The maximum atomic E-state index is 11.7. The van der Waals surface area contributed by atoms with Crippen molar-refractivity contribution in [1.29, 1.82) is 0 Å². The highest BCUT2D eigenvalue weighted by atomic mass is 16.6. The van der Waals surface area contributed by atoms with E-state index in [1.807, 2.05) is 0 Å². The van der Waals surface area contributed by atoms with Gasteiger partial charge < -0.3 is 14.8 Å². The van der Waals surface area contributed by atoms with Gasteiger partial charge >= 0.3 is 12.1 Å². The lowest BCUT2D eigenvalue weighted by molar-refractivity contribution is -0.140. The van der Waals surface area contributed by atoms with E-state index >= 15 is 0 Å². The van der Waals surface area contributed by atoms with E-state index in [-0.39, 0.29) is 12.5 Å². The van der Waals surface area contributed by atoms with Gasteiger partial charge in [-0.05, 0) is 45.9 Å². The highest BCUT2D eigenvalue weighted by Gasteiger charge is 2.16. The van der Waals surface area contributed by atoms with E-state index in [9.17, 15) is 9.59 Å². The number of hydrogen-bond acceptors (Lipinski definition) is 5. The van der Waals surface area contributed by atoms with E-state index in [2.05, 4.69) is 10.6 Å². The average Bonchev–Trinajstić information content (AvgIpc) is 2.35. The number of hydrogen-bond donors (Lipinski definition) is 2. The van der Waals surface area contributed by atoms with Gasteiger partial charge in [-0.25, -0.2) is 4.79 Å². The molecule has 0 aliphatic carbocycles. The Bertz CT molecular complexity index is 495. The van der Waals surface area contributed by atoms with Crippen LogP contribution in [0.15, 0.2) is 24.3 Å². The number of amides is 1. The summed E-state index contributed by atoms with van der Waals surface area (Å²) in [6.07, 6.45) is -0.523. The van der Waals surface area contributed by atoms with Gasteiger partial charge in [0.1, 0.15) is 12.1 Å². The van der Waals surface area contributed by atoms with Crippen molar-refractivity contribution in [3.8, 4) is 0 Å². The summed E-state index contributed by atoms with van der Waals surface area (Å²) in [6, 6.07) is 7.00. The van der Waals surface area contributed by atoms with Crippen LogP contribution in [0.25, 0.3) is 0 Å². The minimum absolute atomic E-state index is 0.0731. The smallest absolute Gasteiger partial charge is 0.412 e. The summed E-state index contributed by atoms with van der Waals surface area (Å²) in [5.74, 6) is -0.331. The Hall–Kier alpha value is -2.24. The summed E-state index contributed by atoms with van der Waals surface area (Å²) in [5.41, 5.74) is 0.735. The lowest BCUT2D eigenvalue weighted by atomic mass is 10.2. The van der Waals surface area contributed by atoms with E-state index in [1.54, 1.807) is 52.0 Å². The van der Waals surface area contributed by atoms with Crippen LogP contribution in [0, 0.1) is 0 Å². The third-order valence-electron chi connectivity index (χ3n) is 2.25. The number of benzene rings is 1. The first-order valence-electron chi connectivity index (χ1n) is 6.79. The molecule has 2 N–H and O–H groups in total. The van der Waals surface area contributed by atoms with Crippen molar-refractivity contribution >= 4 is 23.4 Å². The van der Waals surface area contributed by atoms with Crippen molar-refractivity contribution in [2.24, 2.45) is 0 Å². The third-order valence-corrected chi connectivity index (χ3v) is 2.25. The predicted octanol–water partition coefficient (Wildman–Crippen LogP) is 3.01. The Labute approximate surface area is 124 Å². The molecular formula is C15H22N2O4. The summed E-state index contributed by atoms with van der Waals surface area (Å²) in [5, 5.41) is 5.56. The normalized spacial score (nSPS) is 10.7. The molecule has 0 aromatic heterocycles. The quantitative estimate of drug-likeness (QED) is 0.816. The molecule has 0 heterocycles. The maximum Gasteiger partial charge on any atom is 0.412 e. The SMILES string of the molecule is CCOC(=O)CNc1cccc(NC(=O)OC(C)(C)C)c1. The minimum atomic E-state index is -0.552. The zero-order chi connectivity index (χ0) is 15.9. The van der Waals surface area contributed by atoms with Gasteiger partial charge in [0.05, 0.1) is 6.61 Å². The monoisotopic (exact) mass is 294 g/mol. The molecule has 0 saturated carbocycles. The zero-order valence-electron chi connectivity index (χ0n) is 12.9. The number of esters is 1. The average molecular weight is 294 g/mol. The first-order valence-corrected chi connectivity index (χ1v) is 6.79. The molecule has 0 aliphatic heterocycles. The van der Waals surface area contributed by atoms with E-state index < -0.39 is 11.7 Å². The summed E-state index contributed by atoms with van der Waals surface area (Å²) < 4.78 is 9.99. The molecule has 0 fully saturated rings. The molecule has 1 aromatic rings. The largest absolute Gasteiger partial charge is 0.465 e. The molecule has 1 amide bonds. The molecule has 0 radical (unpaired) electrons. The molecule has 1 rings (SSSR count). The molecule has 1 aromatic carbocycles. The zero-order valence-corrected chi connectivity index (χ0v) is 12.9. The second-order valence-electron chi connectivity index (χ2n) is 5.37. The summed E-state index contributed by atoms with van der Waals surface area (Å²) in [4.78, 5) is 22.9. The fraction of sp³-hybridized carbons (Fsp3) is 0.467. The molecule has 0 bridgehead atoms. The Morgan fingerprint density at radius 2 is 1.86 bits per heavy atom. The number of carbonyl (C=O) groups is 2. The first-order chi connectivity index (χ1) is 9.80. The van der Waals surface area contributed by atoms with Crippen LogP contribution in [0.5, 0.6) is 0 Å². The van der Waals surface area contributed by atoms with Crippen LogP contribution in [-0.4, -0.2) is 30.8 Å². The van der Waals surface area contributed by atoms with Crippen LogP contribution in [0.4, 0.5) is 16.2 Å². The van der Waals surface area contributed by atoms with Gasteiger partial charge in [0.2, 0.25) is 0 Å². The van der Waals surface area contributed by atoms with Crippen LogP contribution in [-0.2, 0) is 14.3 Å². The van der Waals surface area contributed by atoms with Crippen LogP contribution in [0.3, 0.4) is 0 Å². The molecule has 0 spiro atoms. The van der Waals surface area contributed by atoms with E-state index in [0.717, 1.165) is 0 Å². The lowest BCUT2D eigenvalue weighted by Crippen LogP contribution is -2.27. The van der Waals surface area contributed by atoms with E-state index in [1.165, 1.54) is 0 Å². The Balaban J connectivity index is 2.56. The highest BCUT2D eigenvalue weighted by Crippen LogP contribution is 2.16. The van der Waals surface area contributed by atoms with Crippen LogP contribution < -0.4 is 10.6 Å². The van der Waals surface area contributed by atoms with E-state index in [4.69, 9.17) is 9.47 Å². The first kappa shape index (κ1) is 16.8. The minimum Gasteiger partial charge on any atom is -0.465 e. The van der Waals surface area contributed by atoms with Gasteiger partial charge in [-0.3, -0.25) is 10.1 Å². The second kappa shape index (κ2) is 7.52. The summed E-state index contributed by atoms with van der Waals surface area (Å²) >= 11 is 0. The topological polar surface area (TPSA) is 76.7 Å². The number of anilines is 2. The van der Waals surface area contributed by atoms with Crippen molar-refractivity contribution < 1.29 is 19.1 Å². The van der Waals surface area contributed by atoms with Crippen molar-refractivity contribution in [2.45, 2.75) is 33.3 Å². The molecule has 0 unspecified atom stereocenters. The molecule has 0 saturated heterocycles. The molecule has 6 heteroatoms. The molecule has 0 aliphatic rings. The fourth-order valence-electron chi connectivity index (χ4n) is 1.51. The van der Waals surface area contributed by atoms with Crippen molar-refractivity contribution in [2.75, 3.05) is 23.8 Å². The predicted molar refractivity (Wildman–Crippen MR) is 81.4 cm³/mol. The maximum absolute atomic E-state index is 11.7. The van der Waals surface area contributed by atoms with Crippen molar-refractivity contribution in [3.05, 3.63) is 24.3 Å². The Kier molecular flexibility index (Phi) is 6.02. The lowest BCUT2D eigenvalue weighted by Gasteiger charge is -2.19. The van der Waals surface area contributed by atoms with Gasteiger partial charge in [-0.2, -0.15) is 0 Å². The summed E-state index contributed by atoms with van der Waals surface area (Å²) in [6.45, 7) is 7.56. The van der Waals surface area contributed by atoms with Crippen LogP contribution in [0.1, 0.15) is 27.7 Å². The molecule has 0 atom stereocenters. The number of nitrogens with one attached hydrogen (secondary N) is 2. The van der Waals surface area contributed by atoms with Crippen molar-refractivity contribution in [3.63, 3.8) is 0 Å². The highest BCUT2D eigenvalue weighted by molar-refractivity contribution is 5.85. The number of rotatable bonds is 5. The molecule has 21 heavy (non-hydrogen) atoms. The van der Waals surface area contributed by atoms with Gasteiger partial charge in [0, 0.05) is 11.4 Å². The van der Waals surface area contributed by atoms with Crippen LogP contribution >= 0.6 is 0 Å². The van der Waals surface area contributed by atoms with Gasteiger partial charge in [-0.1, -0.05) is 6.07 Å². The Morgan fingerprint density at radius 1 is 1.19 bits per heavy atom. The molecular weight excluding hydrogens is 272 g/mol. The van der Waals surface area contributed by atoms with E-state index in [0.29, 0.717) is 18.0 Å². The van der Waals surface area contributed by atoms with Gasteiger partial charge in [0.15, 0.2) is 0 Å². The van der Waals surface area contributed by atoms with Crippen molar-refractivity contribution in [1.82, 2.24) is 0 Å². The van der Waals surface area contributed by atoms with Gasteiger partial charge in [-0.15, -0.1) is 0 Å². The number of carbonyl (C=O) groups excluding carboxylic acids is 2. The third kappa shape index (κ3) is 7.20. The van der Waals surface area contributed by atoms with Crippen LogP contribution in [0.2, 0.25) is 0 Å². The molecule has 6 nitrogen and oxygen atoms in total. The number of ether oxygens (including phenoxy) is 2. The fourth-order valence-corrected chi connectivity index (χ4v) is 1.51.